The van der Waals surface area contributed by atoms with Crippen LogP contribution in [0.25, 0.3) is 0 Å². The normalized spacial score (nSPS) is 19.1. The van der Waals surface area contributed by atoms with Crippen LogP contribution in [-0.2, 0) is 4.79 Å². The zero-order valence-corrected chi connectivity index (χ0v) is 11.1. The maximum absolute atomic E-state index is 11.7. The molecule has 0 radical (unpaired) electrons. The first-order valence-corrected chi connectivity index (χ1v) is 6.56. The first-order chi connectivity index (χ1) is 9.19. The van der Waals surface area contributed by atoms with E-state index in [4.69, 9.17) is 10.00 Å². The van der Waals surface area contributed by atoms with E-state index in [-0.39, 0.29) is 11.8 Å². The number of nitriles is 1. The molecule has 0 aromatic heterocycles. The molecule has 1 fully saturated rings. The van der Waals surface area contributed by atoms with E-state index in [0.29, 0.717) is 32.5 Å². The molecule has 1 aliphatic rings. The van der Waals surface area contributed by atoms with Gasteiger partial charge in [0.2, 0.25) is 5.91 Å². The summed E-state index contributed by atoms with van der Waals surface area (Å²) < 4.78 is 5.63. The molecule has 1 aromatic carbocycles. The van der Waals surface area contributed by atoms with Gasteiger partial charge < -0.3 is 9.64 Å². The van der Waals surface area contributed by atoms with E-state index in [1.807, 2.05) is 31.2 Å². The molecule has 0 saturated carbocycles. The van der Waals surface area contributed by atoms with Crippen LogP contribution >= 0.6 is 0 Å². The number of hydrogen-bond acceptors (Lipinski definition) is 3. The molecule has 100 valence electrons. The monoisotopic (exact) mass is 258 g/mol. The Kier molecular flexibility index (Phi) is 4.40. The molecular weight excluding hydrogens is 240 g/mol. The van der Waals surface area contributed by atoms with Gasteiger partial charge in [-0.05, 0) is 31.0 Å². The summed E-state index contributed by atoms with van der Waals surface area (Å²) >= 11 is 0. The van der Waals surface area contributed by atoms with Crippen molar-refractivity contribution < 1.29 is 9.53 Å². The SMILES string of the molecule is Cc1cccc(OCCN2CC(C#N)CCC2=O)c1. The molecule has 0 spiro atoms. The Hall–Kier alpha value is -2.02. The summed E-state index contributed by atoms with van der Waals surface area (Å²) in [5.41, 5.74) is 1.15. The third kappa shape index (κ3) is 3.72. The summed E-state index contributed by atoms with van der Waals surface area (Å²) in [6.45, 7) is 3.56. The third-order valence-corrected chi connectivity index (χ3v) is 3.30. The van der Waals surface area contributed by atoms with Crippen LogP contribution in [-0.4, -0.2) is 30.5 Å². The standard InChI is InChI=1S/C15H18N2O2/c1-12-3-2-4-14(9-12)19-8-7-17-11-13(10-16)5-6-15(17)18/h2-4,9,13H,5-8,11H2,1H3. The van der Waals surface area contributed by atoms with Crippen LogP contribution in [0.2, 0.25) is 0 Å². The number of piperidine rings is 1. The predicted octanol–water partition coefficient (Wildman–Crippen LogP) is 2.14. The number of likely N-dealkylation sites (tertiary alicyclic amines) is 1. The van der Waals surface area contributed by atoms with Crippen LogP contribution in [0.1, 0.15) is 18.4 Å². The van der Waals surface area contributed by atoms with Gasteiger partial charge in [0.25, 0.3) is 0 Å². The molecule has 0 N–H and O–H groups in total. The minimum absolute atomic E-state index is 0.0309. The van der Waals surface area contributed by atoms with Crippen LogP contribution in [0.4, 0.5) is 0 Å². The smallest absolute Gasteiger partial charge is 0.222 e. The van der Waals surface area contributed by atoms with E-state index in [2.05, 4.69) is 6.07 Å². The predicted molar refractivity (Wildman–Crippen MR) is 71.6 cm³/mol. The Morgan fingerprint density at radius 2 is 2.37 bits per heavy atom. The zero-order valence-electron chi connectivity index (χ0n) is 11.1. The molecule has 1 unspecified atom stereocenters. The van der Waals surface area contributed by atoms with Crippen molar-refractivity contribution >= 4 is 5.91 Å². The number of ether oxygens (including phenoxy) is 1. The van der Waals surface area contributed by atoms with Crippen molar-refractivity contribution in [2.75, 3.05) is 19.7 Å². The summed E-state index contributed by atoms with van der Waals surface area (Å²) in [5, 5.41) is 8.91. The first kappa shape index (κ1) is 13.4. The molecule has 2 rings (SSSR count). The number of benzene rings is 1. The first-order valence-electron chi connectivity index (χ1n) is 6.56. The Labute approximate surface area is 113 Å². The zero-order chi connectivity index (χ0) is 13.7. The average molecular weight is 258 g/mol. The van der Waals surface area contributed by atoms with Gasteiger partial charge in [0, 0.05) is 13.0 Å². The van der Waals surface area contributed by atoms with Gasteiger partial charge >= 0.3 is 0 Å². The van der Waals surface area contributed by atoms with Crippen molar-refractivity contribution in [3.05, 3.63) is 29.8 Å². The van der Waals surface area contributed by atoms with Gasteiger partial charge in [-0.2, -0.15) is 5.26 Å². The second kappa shape index (κ2) is 6.24. The van der Waals surface area contributed by atoms with Crippen molar-refractivity contribution in [1.29, 1.82) is 5.26 Å². The highest BCUT2D eigenvalue weighted by Crippen LogP contribution is 2.17. The van der Waals surface area contributed by atoms with Crippen LogP contribution < -0.4 is 4.74 Å². The van der Waals surface area contributed by atoms with E-state index in [1.54, 1.807) is 4.90 Å². The fourth-order valence-corrected chi connectivity index (χ4v) is 2.22. The highest BCUT2D eigenvalue weighted by atomic mass is 16.5. The van der Waals surface area contributed by atoms with Gasteiger partial charge in [0.15, 0.2) is 0 Å². The second-order valence-electron chi connectivity index (χ2n) is 4.87. The summed E-state index contributed by atoms with van der Waals surface area (Å²) in [4.78, 5) is 13.4. The highest BCUT2D eigenvalue weighted by Gasteiger charge is 2.24. The molecule has 4 heteroatoms. The molecule has 1 aliphatic heterocycles. The van der Waals surface area contributed by atoms with Crippen molar-refractivity contribution in [1.82, 2.24) is 4.90 Å². The number of carbonyl (C=O) groups excluding carboxylic acids is 1. The number of aryl methyl sites for hydroxylation is 1. The van der Waals surface area contributed by atoms with Crippen molar-refractivity contribution in [2.24, 2.45) is 5.92 Å². The number of carbonyl (C=O) groups is 1. The Morgan fingerprint density at radius 1 is 1.53 bits per heavy atom. The van der Waals surface area contributed by atoms with E-state index in [9.17, 15) is 4.79 Å². The summed E-state index contributed by atoms with van der Waals surface area (Å²) in [6, 6.07) is 10.1. The molecule has 1 atom stereocenters. The average Bonchev–Trinajstić information content (AvgIpc) is 2.41. The van der Waals surface area contributed by atoms with E-state index >= 15 is 0 Å². The Morgan fingerprint density at radius 3 is 3.11 bits per heavy atom. The van der Waals surface area contributed by atoms with Crippen LogP contribution in [0.5, 0.6) is 5.75 Å². The maximum atomic E-state index is 11.7. The molecule has 0 bridgehead atoms. The molecule has 19 heavy (non-hydrogen) atoms. The number of hydrogen-bond donors (Lipinski definition) is 0. The van der Waals surface area contributed by atoms with Gasteiger partial charge in [0.1, 0.15) is 12.4 Å². The lowest BCUT2D eigenvalue weighted by Gasteiger charge is -2.29. The molecule has 0 aliphatic carbocycles. The minimum atomic E-state index is -0.0309. The molecule has 1 saturated heterocycles. The van der Waals surface area contributed by atoms with Crippen LogP contribution in [0.15, 0.2) is 24.3 Å². The lowest BCUT2D eigenvalue weighted by molar-refractivity contribution is -0.134. The fraction of sp³-hybridized carbons (Fsp3) is 0.467. The van der Waals surface area contributed by atoms with Gasteiger partial charge in [0.05, 0.1) is 18.5 Å². The van der Waals surface area contributed by atoms with E-state index in [0.717, 1.165) is 11.3 Å². The number of rotatable bonds is 4. The molecule has 1 aromatic rings. The summed E-state index contributed by atoms with van der Waals surface area (Å²) in [5.74, 6) is 0.914. The quantitative estimate of drug-likeness (QED) is 0.831. The third-order valence-electron chi connectivity index (χ3n) is 3.30. The Balaban J connectivity index is 1.82. The fourth-order valence-electron chi connectivity index (χ4n) is 2.22. The van der Waals surface area contributed by atoms with Crippen LogP contribution in [0.3, 0.4) is 0 Å². The molecular formula is C15H18N2O2. The molecule has 4 nitrogen and oxygen atoms in total. The lowest BCUT2D eigenvalue weighted by Crippen LogP contribution is -2.41. The van der Waals surface area contributed by atoms with Crippen molar-refractivity contribution in [2.45, 2.75) is 19.8 Å². The van der Waals surface area contributed by atoms with Crippen molar-refractivity contribution in [3.63, 3.8) is 0 Å². The summed E-state index contributed by atoms with van der Waals surface area (Å²) in [6.07, 6.45) is 1.16. The topological polar surface area (TPSA) is 53.3 Å². The van der Waals surface area contributed by atoms with Crippen LogP contribution in [0, 0.1) is 24.2 Å². The Bertz CT molecular complexity index is 493. The van der Waals surface area contributed by atoms with E-state index in [1.165, 1.54) is 0 Å². The van der Waals surface area contributed by atoms with Gasteiger partial charge in [-0.1, -0.05) is 12.1 Å². The van der Waals surface area contributed by atoms with Gasteiger partial charge in [-0.15, -0.1) is 0 Å². The molecule has 1 heterocycles. The molecule has 1 amide bonds. The summed E-state index contributed by atoms with van der Waals surface area (Å²) in [7, 11) is 0. The largest absolute Gasteiger partial charge is 0.492 e. The lowest BCUT2D eigenvalue weighted by atomic mass is 9.99. The van der Waals surface area contributed by atoms with Crippen molar-refractivity contribution in [3.8, 4) is 11.8 Å². The number of nitrogens with zero attached hydrogens (tertiary/aromatic N) is 2. The van der Waals surface area contributed by atoms with E-state index < -0.39 is 0 Å². The highest BCUT2D eigenvalue weighted by molar-refractivity contribution is 5.77. The second-order valence-corrected chi connectivity index (χ2v) is 4.87. The van der Waals surface area contributed by atoms with Gasteiger partial charge in [-0.3, -0.25) is 4.79 Å². The van der Waals surface area contributed by atoms with Gasteiger partial charge in [-0.25, -0.2) is 0 Å². The maximum Gasteiger partial charge on any atom is 0.222 e. The number of amides is 1. The minimum Gasteiger partial charge on any atom is -0.492 e.